The molecule has 0 amide bonds. The lowest BCUT2D eigenvalue weighted by Crippen LogP contribution is -2.12. The zero-order valence-corrected chi connectivity index (χ0v) is 20.4. The van der Waals surface area contributed by atoms with E-state index in [2.05, 4.69) is 64.2 Å². The molecular weight excluding hydrogens is 410 g/mol. The van der Waals surface area contributed by atoms with E-state index in [0.29, 0.717) is 29.8 Å². The molecule has 2 aromatic rings. The number of carbonyl (C=O) groups excluding carboxylic acids is 1. The first-order valence-corrected chi connectivity index (χ1v) is 11.3. The minimum atomic E-state index is -0.151. The van der Waals surface area contributed by atoms with Crippen LogP contribution in [0.25, 0.3) is 0 Å². The van der Waals surface area contributed by atoms with Crippen molar-refractivity contribution in [3.63, 3.8) is 0 Å². The molecule has 0 heterocycles. The van der Waals surface area contributed by atoms with Gasteiger partial charge >= 0.3 is 0 Å². The standard InChI is InChI=1S/C29H35NO3/c1-8-10-23(9-2)29(31)19-32-27-15-13-24(14-16-27)22(7)30-33-18-26-12-11-25(20(3)4)17-28(26)21(5)6/h8-17,20-21H,1-2,18-19H2,3-7H3/b23-10+,30-22+. The number of Topliss-reactive ketones (excluding diaryl/α,β-unsaturated/α-hetero) is 1. The van der Waals surface area contributed by atoms with Crippen LogP contribution >= 0.6 is 0 Å². The Morgan fingerprint density at radius 3 is 2.30 bits per heavy atom. The molecule has 0 spiro atoms. The Morgan fingerprint density at radius 1 is 1.03 bits per heavy atom. The molecule has 174 valence electrons. The van der Waals surface area contributed by atoms with Crippen LogP contribution in [0.15, 0.2) is 84.6 Å². The summed E-state index contributed by atoms with van der Waals surface area (Å²) in [6.07, 6.45) is 4.67. The van der Waals surface area contributed by atoms with E-state index >= 15 is 0 Å². The van der Waals surface area contributed by atoms with Gasteiger partial charge in [-0.3, -0.25) is 4.79 Å². The third-order valence-electron chi connectivity index (χ3n) is 5.36. The third kappa shape index (κ3) is 7.60. The molecule has 0 aliphatic heterocycles. The average molecular weight is 446 g/mol. The lowest BCUT2D eigenvalue weighted by atomic mass is 9.92. The first-order chi connectivity index (χ1) is 15.8. The van der Waals surface area contributed by atoms with Gasteiger partial charge in [-0.05, 0) is 65.3 Å². The molecule has 0 bridgehead atoms. The van der Waals surface area contributed by atoms with Crippen LogP contribution in [-0.2, 0) is 16.2 Å². The summed E-state index contributed by atoms with van der Waals surface area (Å²) in [4.78, 5) is 17.8. The van der Waals surface area contributed by atoms with Crippen LogP contribution in [0.5, 0.6) is 5.75 Å². The minimum absolute atomic E-state index is 0.0605. The molecule has 0 radical (unpaired) electrons. The normalized spacial score (nSPS) is 12.1. The van der Waals surface area contributed by atoms with Gasteiger partial charge in [-0.2, -0.15) is 0 Å². The molecule has 2 aromatic carbocycles. The zero-order valence-electron chi connectivity index (χ0n) is 20.4. The SMILES string of the molecule is C=C/C=C(\C=C)C(=O)COc1ccc(/C(C)=N/OCc2ccc(C(C)C)cc2C(C)C)cc1. The van der Waals surface area contributed by atoms with E-state index in [1.807, 2.05) is 31.2 Å². The van der Waals surface area contributed by atoms with Crippen molar-refractivity contribution in [2.75, 3.05) is 6.61 Å². The van der Waals surface area contributed by atoms with Crippen LogP contribution in [0.3, 0.4) is 0 Å². The van der Waals surface area contributed by atoms with E-state index in [-0.39, 0.29) is 12.4 Å². The van der Waals surface area contributed by atoms with Gasteiger partial charge in [-0.15, -0.1) is 0 Å². The molecule has 0 aliphatic rings. The Morgan fingerprint density at radius 2 is 1.73 bits per heavy atom. The molecule has 4 heteroatoms. The molecule has 2 rings (SSSR count). The molecule has 0 atom stereocenters. The Hall–Kier alpha value is -3.40. The Bertz CT molecular complexity index is 1030. The van der Waals surface area contributed by atoms with Gasteiger partial charge in [0.1, 0.15) is 12.4 Å². The van der Waals surface area contributed by atoms with E-state index in [9.17, 15) is 4.79 Å². The van der Waals surface area contributed by atoms with Crippen LogP contribution in [-0.4, -0.2) is 18.1 Å². The number of carbonyl (C=O) groups is 1. The number of benzene rings is 2. The molecule has 0 saturated heterocycles. The Labute approximate surface area is 198 Å². The highest BCUT2D eigenvalue weighted by atomic mass is 16.6. The number of ether oxygens (including phenoxy) is 1. The molecule has 0 aromatic heterocycles. The monoisotopic (exact) mass is 445 g/mol. The van der Waals surface area contributed by atoms with Gasteiger partial charge in [-0.1, -0.05) is 82.4 Å². The number of ketones is 1. The van der Waals surface area contributed by atoms with Crippen molar-refractivity contribution in [3.8, 4) is 5.75 Å². The molecule has 4 nitrogen and oxygen atoms in total. The second kappa shape index (κ2) is 12.6. The highest BCUT2D eigenvalue weighted by molar-refractivity contribution is 5.99. The van der Waals surface area contributed by atoms with E-state index in [1.54, 1.807) is 12.2 Å². The molecule has 0 N–H and O–H groups in total. The number of nitrogens with zero attached hydrogens (tertiary/aromatic N) is 1. The smallest absolute Gasteiger partial charge is 0.200 e. The maximum atomic E-state index is 12.1. The van der Waals surface area contributed by atoms with Gasteiger partial charge < -0.3 is 9.57 Å². The van der Waals surface area contributed by atoms with E-state index in [0.717, 1.165) is 16.8 Å². The third-order valence-corrected chi connectivity index (χ3v) is 5.36. The van der Waals surface area contributed by atoms with E-state index in [4.69, 9.17) is 9.57 Å². The van der Waals surface area contributed by atoms with Crippen LogP contribution < -0.4 is 4.74 Å². The summed E-state index contributed by atoms with van der Waals surface area (Å²) in [5, 5.41) is 4.30. The van der Waals surface area contributed by atoms with Crippen molar-refractivity contribution in [1.29, 1.82) is 0 Å². The molecular formula is C29H35NO3. The molecule has 0 saturated carbocycles. The summed E-state index contributed by atoms with van der Waals surface area (Å²) < 4.78 is 5.59. The highest BCUT2D eigenvalue weighted by Gasteiger charge is 2.11. The fourth-order valence-electron chi connectivity index (χ4n) is 3.32. The van der Waals surface area contributed by atoms with Gasteiger partial charge in [0.05, 0.1) is 5.71 Å². The maximum absolute atomic E-state index is 12.1. The van der Waals surface area contributed by atoms with Gasteiger partial charge in [-0.25, -0.2) is 0 Å². The van der Waals surface area contributed by atoms with Crippen LogP contribution in [0.4, 0.5) is 0 Å². The van der Waals surface area contributed by atoms with Gasteiger partial charge in [0.25, 0.3) is 0 Å². The topological polar surface area (TPSA) is 47.9 Å². The van der Waals surface area contributed by atoms with Gasteiger partial charge in [0, 0.05) is 5.57 Å². The number of rotatable bonds is 12. The first-order valence-electron chi connectivity index (χ1n) is 11.3. The Kier molecular flexibility index (Phi) is 9.86. The van der Waals surface area contributed by atoms with Crippen LogP contribution in [0.2, 0.25) is 0 Å². The van der Waals surface area contributed by atoms with Crippen LogP contribution in [0, 0.1) is 0 Å². The number of hydrogen-bond donors (Lipinski definition) is 0. The minimum Gasteiger partial charge on any atom is -0.485 e. The summed E-state index contributed by atoms with van der Waals surface area (Å²) in [7, 11) is 0. The van der Waals surface area contributed by atoms with Crippen molar-refractivity contribution in [1.82, 2.24) is 0 Å². The average Bonchev–Trinajstić information content (AvgIpc) is 2.81. The Balaban J connectivity index is 1.99. The van der Waals surface area contributed by atoms with E-state index < -0.39 is 0 Å². The summed E-state index contributed by atoms with van der Waals surface area (Å²) in [6.45, 7) is 18.3. The predicted octanol–water partition coefficient (Wildman–Crippen LogP) is 7.12. The molecule has 33 heavy (non-hydrogen) atoms. The lowest BCUT2D eigenvalue weighted by Gasteiger charge is -2.16. The number of allylic oxidation sites excluding steroid dienone is 3. The highest BCUT2D eigenvalue weighted by Crippen LogP contribution is 2.25. The largest absolute Gasteiger partial charge is 0.485 e. The predicted molar refractivity (Wildman–Crippen MR) is 137 cm³/mol. The van der Waals surface area contributed by atoms with Crippen molar-refractivity contribution < 1.29 is 14.4 Å². The van der Waals surface area contributed by atoms with Gasteiger partial charge in [0.2, 0.25) is 0 Å². The van der Waals surface area contributed by atoms with Crippen molar-refractivity contribution >= 4 is 11.5 Å². The summed E-state index contributed by atoms with van der Waals surface area (Å²) in [5.74, 6) is 1.37. The lowest BCUT2D eigenvalue weighted by molar-refractivity contribution is -0.117. The first kappa shape index (κ1) is 25.9. The maximum Gasteiger partial charge on any atom is 0.200 e. The van der Waals surface area contributed by atoms with Crippen molar-refractivity contribution in [3.05, 3.63) is 102 Å². The fourth-order valence-corrected chi connectivity index (χ4v) is 3.32. The van der Waals surface area contributed by atoms with Crippen molar-refractivity contribution in [2.24, 2.45) is 5.16 Å². The molecule has 0 fully saturated rings. The fraction of sp³-hybridized carbons (Fsp3) is 0.310. The zero-order chi connectivity index (χ0) is 24.4. The van der Waals surface area contributed by atoms with Crippen molar-refractivity contribution in [2.45, 2.75) is 53.1 Å². The number of hydrogen-bond acceptors (Lipinski definition) is 4. The van der Waals surface area contributed by atoms with Crippen LogP contribution in [0.1, 0.15) is 68.7 Å². The second-order valence-electron chi connectivity index (χ2n) is 8.52. The summed E-state index contributed by atoms with van der Waals surface area (Å²) in [6, 6.07) is 14.0. The summed E-state index contributed by atoms with van der Waals surface area (Å²) in [5.41, 5.74) is 5.96. The molecule has 0 unspecified atom stereocenters. The van der Waals surface area contributed by atoms with E-state index in [1.165, 1.54) is 17.2 Å². The quantitative estimate of drug-likeness (QED) is 0.151. The summed E-state index contributed by atoms with van der Waals surface area (Å²) >= 11 is 0. The second-order valence-corrected chi connectivity index (χ2v) is 8.52. The molecule has 0 aliphatic carbocycles. The number of oxime groups is 1. The van der Waals surface area contributed by atoms with Gasteiger partial charge in [0.15, 0.2) is 12.4 Å².